The fraction of sp³-hybridized carbons (Fsp3) is 0.300. The van der Waals surface area contributed by atoms with Crippen molar-refractivity contribution in [1.29, 1.82) is 0 Å². The van der Waals surface area contributed by atoms with Crippen LogP contribution >= 0.6 is 23.2 Å². The van der Waals surface area contributed by atoms with Crippen LogP contribution in [0, 0.1) is 0 Å². The standard InChI is InChI=1S/C20H22Cl2N2O4/c1-5-27-18(25)16(24-19(26)28-20(2,3)4)8-6-7-13-9-12-10-14(21)15(22)11-17(12)23-13/h6-11,23H,5H2,1-4H3,(H,24,26)/b7-6+,16-8-. The Morgan fingerprint density at radius 2 is 1.86 bits per heavy atom. The van der Waals surface area contributed by atoms with Gasteiger partial charge in [0, 0.05) is 16.6 Å². The number of hydrogen-bond donors (Lipinski definition) is 2. The van der Waals surface area contributed by atoms with Crippen LogP contribution in [0.4, 0.5) is 4.79 Å². The molecule has 0 unspecified atom stereocenters. The van der Waals surface area contributed by atoms with E-state index in [1.807, 2.05) is 6.07 Å². The molecule has 150 valence electrons. The minimum atomic E-state index is -0.741. The van der Waals surface area contributed by atoms with Crippen molar-refractivity contribution < 1.29 is 19.1 Å². The number of nitrogens with one attached hydrogen (secondary N) is 2. The minimum absolute atomic E-state index is 0.0328. The van der Waals surface area contributed by atoms with E-state index in [9.17, 15) is 9.59 Å². The van der Waals surface area contributed by atoms with Gasteiger partial charge in [-0.3, -0.25) is 5.32 Å². The van der Waals surface area contributed by atoms with Crippen LogP contribution in [0.3, 0.4) is 0 Å². The number of carbonyl (C=O) groups excluding carboxylic acids is 2. The van der Waals surface area contributed by atoms with Crippen molar-refractivity contribution >= 4 is 52.2 Å². The van der Waals surface area contributed by atoms with Gasteiger partial charge in [-0.1, -0.05) is 29.3 Å². The van der Waals surface area contributed by atoms with Gasteiger partial charge in [-0.05, 0) is 58.0 Å². The summed E-state index contributed by atoms with van der Waals surface area (Å²) in [5, 5.41) is 4.24. The third kappa shape index (κ3) is 6.32. The molecule has 1 aromatic carbocycles. The Balaban J connectivity index is 2.20. The highest BCUT2D eigenvalue weighted by Crippen LogP contribution is 2.28. The van der Waals surface area contributed by atoms with Crippen molar-refractivity contribution in [3.05, 3.63) is 51.8 Å². The van der Waals surface area contributed by atoms with Crippen LogP contribution in [0.15, 0.2) is 36.0 Å². The first kappa shape index (κ1) is 21.9. The van der Waals surface area contributed by atoms with E-state index < -0.39 is 17.7 Å². The van der Waals surface area contributed by atoms with Gasteiger partial charge >= 0.3 is 12.1 Å². The van der Waals surface area contributed by atoms with E-state index in [4.69, 9.17) is 32.7 Å². The molecule has 0 aliphatic carbocycles. The highest BCUT2D eigenvalue weighted by molar-refractivity contribution is 6.42. The number of ether oxygens (including phenoxy) is 2. The number of alkyl carbamates (subject to hydrolysis) is 1. The number of benzene rings is 1. The van der Waals surface area contributed by atoms with Gasteiger partial charge in [0.1, 0.15) is 11.3 Å². The molecule has 0 aliphatic rings. The van der Waals surface area contributed by atoms with Gasteiger partial charge < -0.3 is 14.5 Å². The molecule has 0 atom stereocenters. The van der Waals surface area contributed by atoms with Gasteiger partial charge in [-0.15, -0.1) is 0 Å². The fourth-order valence-electron chi connectivity index (χ4n) is 2.27. The first-order valence-electron chi connectivity index (χ1n) is 8.62. The molecule has 0 fully saturated rings. The van der Waals surface area contributed by atoms with Crippen LogP contribution < -0.4 is 5.32 Å². The van der Waals surface area contributed by atoms with Crippen LogP contribution in [0.25, 0.3) is 17.0 Å². The number of rotatable bonds is 5. The number of halogens is 2. The molecule has 2 aromatic rings. The summed E-state index contributed by atoms with van der Waals surface area (Å²) < 4.78 is 10.1. The molecule has 2 rings (SSSR count). The van der Waals surface area contributed by atoms with Crippen LogP contribution in [0.2, 0.25) is 10.0 Å². The minimum Gasteiger partial charge on any atom is -0.461 e. The molecular formula is C20H22Cl2N2O4. The first-order chi connectivity index (χ1) is 13.1. The topological polar surface area (TPSA) is 80.4 Å². The molecule has 0 aliphatic heterocycles. The molecule has 28 heavy (non-hydrogen) atoms. The van der Waals surface area contributed by atoms with Crippen LogP contribution in [-0.4, -0.2) is 29.3 Å². The first-order valence-corrected chi connectivity index (χ1v) is 9.38. The number of H-pyrrole nitrogens is 1. The van der Waals surface area contributed by atoms with E-state index in [2.05, 4.69) is 10.3 Å². The Kier molecular flexibility index (Phi) is 7.16. The third-order valence-electron chi connectivity index (χ3n) is 3.35. The Labute approximate surface area is 173 Å². The van der Waals surface area contributed by atoms with Gasteiger partial charge in [0.25, 0.3) is 0 Å². The maximum Gasteiger partial charge on any atom is 0.412 e. The summed E-state index contributed by atoms with van der Waals surface area (Å²) >= 11 is 12.0. The molecular weight excluding hydrogens is 403 g/mol. The number of amides is 1. The number of allylic oxidation sites excluding steroid dienone is 2. The Bertz CT molecular complexity index is 901. The quantitative estimate of drug-likeness (QED) is 0.379. The zero-order valence-corrected chi connectivity index (χ0v) is 17.6. The zero-order valence-electron chi connectivity index (χ0n) is 16.1. The second kappa shape index (κ2) is 9.17. The number of esters is 1. The maximum atomic E-state index is 12.1. The van der Waals surface area contributed by atoms with E-state index in [-0.39, 0.29) is 12.3 Å². The summed E-state index contributed by atoms with van der Waals surface area (Å²) in [5.74, 6) is -0.659. The van der Waals surface area contributed by atoms with Crippen LogP contribution in [0.1, 0.15) is 33.4 Å². The second-order valence-corrected chi connectivity index (χ2v) is 7.68. The van der Waals surface area contributed by atoms with Crippen molar-refractivity contribution in [2.45, 2.75) is 33.3 Å². The highest BCUT2D eigenvalue weighted by Gasteiger charge is 2.19. The highest BCUT2D eigenvalue weighted by atomic mass is 35.5. The molecule has 8 heteroatoms. The lowest BCUT2D eigenvalue weighted by Crippen LogP contribution is -2.34. The van der Waals surface area contributed by atoms with E-state index >= 15 is 0 Å². The van der Waals surface area contributed by atoms with Crippen LogP contribution in [0.5, 0.6) is 0 Å². The largest absolute Gasteiger partial charge is 0.461 e. The predicted molar refractivity (Wildman–Crippen MR) is 111 cm³/mol. The van der Waals surface area contributed by atoms with E-state index in [0.717, 1.165) is 16.6 Å². The molecule has 6 nitrogen and oxygen atoms in total. The SMILES string of the molecule is CCOC(=O)/C(=C/C=C/c1cc2cc(Cl)c(Cl)cc2[nH]1)NC(=O)OC(C)(C)C. The van der Waals surface area contributed by atoms with Crippen LogP contribution in [-0.2, 0) is 14.3 Å². The summed E-state index contributed by atoms with van der Waals surface area (Å²) in [6.07, 6.45) is 4.04. The van der Waals surface area contributed by atoms with Gasteiger partial charge in [0.15, 0.2) is 0 Å². The number of carbonyl (C=O) groups is 2. The number of aromatic nitrogens is 1. The average Bonchev–Trinajstić information content (AvgIpc) is 2.94. The van der Waals surface area contributed by atoms with E-state index in [0.29, 0.717) is 10.0 Å². The van der Waals surface area contributed by atoms with Gasteiger partial charge in [-0.2, -0.15) is 0 Å². The van der Waals surface area contributed by atoms with Crippen molar-refractivity contribution in [3.63, 3.8) is 0 Å². The Hall–Kier alpha value is -2.44. The number of aromatic amines is 1. The molecule has 0 saturated carbocycles. The molecule has 0 saturated heterocycles. The third-order valence-corrected chi connectivity index (χ3v) is 4.07. The average molecular weight is 425 g/mol. The summed E-state index contributed by atoms with van der Waals surface area (Å²) in [6, 6.07) is 5.38. The lowest BCUT2D eigenvalue weighted by Gasteiger charge is -2.20. The summed E-state index contributed by atoms with van der Waals surface area (Å²) in [7, 11) is 0. The molecule has 2 N–H and O–H groups in total. The molecule has 1 aromatic heterocycles. The summed E-state index contributed by atoms with van der Waals surface area (Å²) in [4.78, 5) is 27.2. The Morgan fingerprint density at radius 3 is 2.50 bits per heavy atom. The zero-order chi connectivity index (χ0) is 20.9. The molecule has 0 bridgehead atoms. The van der Waals surface area contributed by atoms with Crippen molar-refractivity contribution in [2.75, 3.05) is 6.61 Å². The molecule has 1 heterocycles. The normalized spacial score (nSPS) is 12.4. The van der Waals surface area contributed by atoms with E-state index in [1.165, 1.54) is 6.08 Å². The summed E-state index contributed by atoms with van der Waals surface area (Å²) in [5.41, 5.74) is 0.877. The van der Waals surface area contributed by atoms with E-state index in [1.54, 1.807) is 52.0 Å². The van der Waals surface area contributed by atoms with Gasteiger partial charge in [-0.25, -0.2) is 9.59 Å². The fourth-order valence-corrected chi connectivity index (χ4v) is 2.61. The molecule has 1 amide bonds. The maximum absolute atomic E-state index is 12.1. The predicted octanol–water partition coefficient (Wildman–Crippen LogP) is 5.46. The summed E-state index contributed by atoms with van der Waals surface area (Å²) in [6.45, 7) is 7.05. The van der Waals surface area contributed by atoms with Gasteiger partial charge in [0.05, 0.1) is 16.7 Å². The van der Waals surface area contributed by atoms with Crippen molar-refractivity contribution in [1.82, 2.24) is 10.3 Å². The molecule has 0 spiro atoms. The molecule has 0 radical (unpaired) electrons. The number of hydrogen-bond acceptors (Lipinski definition) is 4. The van der Waals surface area contributed by atoms with Crippen molar-refractivity contribution in [3.8, 4) is 0 Å². The smallest absolute Gasteiger partial charge is 0.412 e. The lowest BCUT2D eigenvalue weighted by atomic mass is 10.2. The monoisotopic (exact) mass is 424 g/mol. The Morgan fingerprint density at radius 1 is 1.18 bits per heavy atom. The number of fused-ring (bicyclic) bond motifs is 1. The van der Waals surface area contributed by atoms with Gasteiger partial charge in [0.2, 0.25) is 0 Å². The lowest BCUT2D eigenvalue weighted by molar-refractivity contribution is -0.139. The second-order valence-electron chi connectivity index (χ2n) is 6.87. The van der Waals surface area contributed by atoms with Crippen molar-refractivity contribution in [2.24, 2.45) is 0 Å².